The first-order valence-electron chi connectivity index (χ1n) is 6.09. The number of benzene rings is 1. The highest BCUT2D eigenvalue weighted by molar-refractivity contribution is 5.38. The van der Waals surface area contributed by atoms with Crippen LogP contribution in [0.3, 0.4) is 0 Å². The summed E-state index contributed by atoms with van der Waals surface area (Å²) in [5.41, 5.74) is -3.91. The van der Waals surface area contributed by atoms with E-state index in [1.165, 1.54) is 13.0 Å². The van der Waals surface area contributed by atoms with Crippen molar-refractivity contribution in [1.82, 2.24) is 0 Å². The Bertz CT molecular complexity index is 513. The molecule has 0 saturated heterocycles. The molecule has 7 heteroatoms. The number of rotatable bonds is 5. The third kappa shape index (κ3) is 3.36. The Hall–Kier alpha value is -1.60. The average molecular weight is 308 g/mol. The van der Waals surface area contributed by atoms with Crippen LogP contribution in [0.4, 0.5) is 17.6 Å². The molecule has 0 aliphatic heterocycles. The molecule has 0 spiro atoms. The number of alkyl halides is 3. The number of aliphatic hydroxyl groups is 2. The predicted molar refractivity (Wildman–Crippen MR) is 68.3 cm³/mol. The van der Waals surface area contributed by atoms with Crippen LogP contribution in [-0.2, 0) is 0 Å². The van der Waals surface area contributed by atoms with Crippen molar-refractivity contribution in [1.29, 1.82) is 0 Å². The predicted octanol–water partition coefficient (Wildman–Crippen LogP) is 3.13. The fourth-order valence-electron chi connectivity index (χ4n) is 1.89. The number of aliphatic hydroxyl groups excluding tert-OH is 1. The van der Waals surface area contributed by atoms with E-state index in [1.807, 2.05) is 0 Å². The van der Waals surface area contributed by atoms with Crippen molar-refractivity contribution in [2.75, 3.05) is 7.11 Å². The van der Waals surface area contributed by atoms with Crippen LogP contribution >= 0.6 is 0 Å². The van der Waals surface area contributed by atoms with Gasteiger partial charge in [0.2, 0.25) is 0 Å². The Morgan fingerprint density at radius 3 is 2.43 bits per heavy atom. The Balaban J connectivity index is 3.36. The fourth-order valence-corrected chi connectivity index (χ4v) is 1.89. The molecule has 0 heterocycles. The van der Waals surface area contributed by atoms with Crippen LogP contribution in [0.1, 0.15) is 25.0 Å². The number of ether oxygens (including phenoxy) is 1. The van der Waals surface area contributed by atoms with Gasteiger partial charge in [-0.25, -0.2) is 4.39 Å². The maximum atomic E-state index is 13.5. The average Bonchev–Trinajstić information content (AvgIpc) is 2.42. The van der Waals surface area contributed by atoms with Gasteiger partial charge < -0.3 is 14.9 Å². The van der Waals surface area contributed by atoms with Gasteiger partial charge in [-0.15, -0.1) is 0 Å². The lowest BCUT2D eigenvalue weighted by Gasteiger charge is -2.34. The van der Waals surface area contributed by atoms with Crippen molar-refractivity contribution in [3.63, 3.8) is 0 Å². The molecule has 0 bridgehead atoms. The molecular weight excluding hydrogens is 292 g/mol. The summed E-state index contributed by atoms with van der Waals surface area (Å²) in [5, 5.41) is 19.9. The molecule has 118 valence electrons. The van der Waals surface area contributed by atoms with Crippen LogP contribution in [0, 0.1) is 5.82 Å². The lowest BCUT2D eigenvalue weighted by Crippen LogP contribution is -2.50. The minimum absolute atomic E-state index is 0.471. The van der Waals surface area contributed by atoms with Gasteiger partial charge in [-0.1, -0.05) is 24.3 Å². The minimum Gasteiger partial charge on any atom is -0.493 e. The standard InChI is InChI=1S/C14H16F4O3/c1-3-4-8-13(20,14(16,17)18)12(19)9-6-5-7-10(15)11(9)21-2/h3-7,12,19-20H,8H2,1-2H3. The van der Waals surface area contributed by atoms with Crippen LogP contribution in [0.5, 0.6) is 5.75 Å². The number of halogens is 4. The lowest BCUT2D eigenvalue weighted by atomic mass is 9.86. The zero-order chi connectivity index (χ0) is 16.3. The molecule has 0 radical (unpaired) electrons. The van der Waals surface area contributed by atoms with E-state index in [0.29, 0.717) is 0 Å². The maximum absolute atomic E-state index is 13.5. The van der Waals surface area contributed by atoms with Crippen molar-refractivity contribution in [3.05, 3.63) is 41.7 Å². The van der Waals surface area contributed by atoms with Gasteiger partial charge in [0.25, 0.3) is 0 Å². The van der Waals surface area contributed by atoms with Crippen LogP contribution in [0.25, 0.3) is 0 Å². The second-order valence-corrected chi connectivity index (χ2v) is 4.46. The SMILES string of the molecule is CC=CCC(O)(C(O)c1cccc(F)c1OC)C(F)(F)F. The van der Waals surface area contributed by atoms with Crippen molar-refractivity contribution in [2.24, 2.45) is 0 Å². The first-order valence-corrected chi connectivity index (χ1v) is 6.09. The van der Waals surface area contributed by atoms with Gasteiger partial charge >= 0.3 is 6.18 Å². The molecule has 2 atom stereocenters. The summed E-state index contributed by atoms with van der Waals surface area (Å²) in [6.45, 7) is 1.48. The summed E-state index contributed by atoms with van der Waals surface area (Å²) >= 11 is 0. The highest BCUT2D eigenvalue weighted by Gasteiger charge is 2.58. The topological polar surface area (TPSA) is 49.7 Å². The molecule has 2 unspecified atom stereocenters. The maximum Gasteiger partial charge on any atom is 0.420 e. The van der Waals surface area contributed by atoms with Gasteiger partial charge in [0.1, 0.15) is 6.10 Å². The molecule has 1 rings (SSSR count). The molecule has 3 nitrogen and oxygen atoms in total. The molecule has 0 aromatic heterocycles. The van der Waals surface area contributed by atoms with Crippen LogP contribution in [-0.4, -0.2) is 29.1 Å². The highest BCUT2D eigenvalue weighted by Crippen LogP contribution is 2.45. The Labute approximate surface area is 119 Å². The number of hydrogen-bond donors (Lipinski definition) is 2. The summed E-state index contributed by atoms with van der Waals surface area (Å²) in [6, 6.07) is 3.18. The molecular formula is C14H16F4O3. The molecule has 0 saturated carbocycles. The Morgan fingerprint density at radius 2 is 1.95 bits per heavy atom. The highest BCUT2D eigenvalue weighted by atomic mass is 19.4. The molecule has 1 aromatic carbocycles. The van der Waals surface area contributed by atoms with E-state index in [1.54, 1.807) is 0 Å². The monoisotopic (exact) mass is 308 g/mol. The van der Waals surface area contributed by atoms with Crippen LogP contribution in [0.2, 0.25) is 0 Å². The number of hydrogen-bond acceptors (Lipinski definition) is 3. The second-order valence-electron chi connectivity index (χ2n) is 4.46. The van der Waals surface area contributed by atoms with E-state index in [9.17, 15) is 27.8 Å². The Morgan fingerprint density at radius 1 is 1.33 bits per heavy atom. The smallest absolute Gasteiger partial charge is 0.420 e. The van der Waals surface area contributed by atoms with Crippen molar-refractivity contribution in [3.8, 4) is 5.75 Å². The number of para-hydroxylation sites is 1. The van der Waals surface area contributed by atoms with Gasteiger partial charge in [0, 0.05) is 12.0 Å². The van der Waals surface area contributed by atoms with Gasteiger partial charge in [0.05, 0.1) is 7.11 Å². The summed E-state index contributed by atoms with van der Waals surface area (Å²) in [5.74, 6) is -1.46. The molecule has 0 fully saturated rings. The van der Waals surface area contributed by atoms with Crippen LogP contribution < -0.4 is 4.74 Å². The van der Waals surface area contributed by atoms with E-state index in [-0.39, 0.29) is 0 Å². The van der Waals surface area contributed by atoms with E-state index < -0.39 is 41.4 Å². The first-order chi connectivity index (χ1) is 9.69. The molecule has 0 amide bonds. The largest absolute Gasteiger partial charge is 0.493 e. The van der Waals surface area contributed by atoms with Gasteiger partial charge in [-0.05, 0) is 13.0 Å². The summed E-state index contributed by atoms with van der Waals surface area (Å²) < 4.78 is 57.6. The summed E-state index contributed by atoms with van der Waals surface area (Å²) in [6.07, 6.45) is -5.98. The van der Waals surface area contributed by atoms with Crippen molar-refractivity contribution in [2.45, 2.75) is 31.2 Å². The van der Waals surface area contributed by atoms with Gasteiger partial charge in [-0.2, -0.15) is 13.2 Å². The Kier molecular flexibility index (Phi) is 5.36. The zero-order valence-electron chi connectivity index (χ0n) is 11.5. The normalized spacial score (nSPS) is 16.8. The third-order valence-corrected chi connectivity index (χ3v) is 3.10. The van der Waals surface area contributed by atoms with Gasteiger partial charge in [-0.3, -0.25) is 0 Å². The zero-order valence-corrected chi connectivity index (χ0v) is 11.5. The number of methoxy groups -OCH3 is 1. The van der Waals surface area contributed by atoms with E-state index >= 15 is 0 Å². The molecule has 1 aromatic rings. The van der Waals surface area contributed by atoms with E-state index in [4.69, 9.17) is 0 Å². The first kappa shape index (κ1) is 17.5. The van der Waals surface area contributed by atoms with Crippen LogP contribution in [0.15, 0.2) is 30.4 Å². The van der Waals surface area contributed by atoms with Crippen molar-refractivity contribution >= 4 is 0 Å². The molecule has 2 N–H and O–H groups in total. The van der Waals surface area contributed by atoms with Gasteiger partial charge in [0.15, 0.2) is 17.2 Å². The summed E-state index contributed by atoms with van der Waals surface area (Å²) in [4.78, 5) is 0. The lowest BCUT2D eigenvalue weighted by molar-refractivity contribution is -0.291. The summed E-state index contributed by atoms with van der Waals surface area (Å²) in [7, 11) is 1.06. The van der Waals surface area contributed by atoms with E-state index in [0.717, 1.165) is 31.4 Å². The molecule has 0 aliphatic rings. The minimum atomic E-state index is -5.11. The third-order valence-electron chi connectivity index (χ3n) is 3.10. The second kappa shape index (κ2) is 6.44. The van der Waals surface area contributed by atoms with E-state index in [2.05, 4.69) is 4.74 Å². The molecule has 0 aliphatic carbocycles. The number of allylic oxidation sites excluding steroid dienone is 1. The quantitative estimate of drug-likeness (QED) is 0.649. The van der Waals surface area contributed by atoms with Crippen molar-refractivity contribution < 1.29 is 32.5 Å². The fraction of sp³-hybridized carbons (Fsp3) is 0.429. The molecule has 21 heavy (non-hydrogen) atoms.